The molecule has 1 fully saturated rings. The topological polar surface area (TPSA) is 103 Å². The van der Waals surface area contributed by atoms with Crippen molar-refractivity contribution in [1.82, 2.24) is 24.8 Å². The van der Waals surface area contributed by atoms with Gasteiger partial charge in [0.2, 0.25) is 0 Å². The molecule has 0 unspecified atom stereocenters. The highest BCUT2D eigenvalue weighted by Crippen LogP contribution is 2.30. The van der Waals surface area contributed by atoms with Crippen LogP contribution in [0, 0.1) is 6.92 Å². The van der Waals surface area contributed by atoms with E-state index < -0.39 is 0 Å². The summed E-state index contributed by atoms with van der Waals surface area (Å²) in [6.07, 6.45) is 0. The normalized spacial score (nSPS) is 14.6. The van der Waals surface area contributed by atoms with Crippen molar-refractivity contribution in [3.05, 3.63) is 67.1 Å². The van der Waals surface area contributed by atoms with Gasteiger partial charge in [0.05, 0.1) is 27.3 Å². The number of hydrogen-bond acceptors (Lipinski definition) is 6. The van der Waals surface area contributed by atoms with Gasteiger partial charge in [-0.1, -0.05) is 17.7 Å². The number of fused-ring (bicyclic) bond motifs is 1. The maximum atomic E-state index is 12.5. The van der Waals surface area contributed by atoms with Crippen molar-refractivity contribution in [1.29, 1.82) is 0 Å². The zero-order valence-electron chi connectivity index (χ0n) is 18.9. The second-order valence-corrected chi connectivity index (χ2v) is 8.53. The quantitative estimate of drug-likeness (QED) is 0.589. The summed E-state index contributed by atoms with van der Waals surface area (Å²) < 4.78 is 1.20. The Bertz CT molecular complexity index is 1300. The van der Waals surface area contributed by atoms with Gasteiger partial charge in [0.15, 0.2) is 0 Å². The second-order valence-electron chi connectivity index (χ2n) is 8.13. The summed E-state index contributed by atoms with van der Waals surface area (Å²) in [6.45, 7) is 7.87. The van der Waals surface area contributed by atoms with Crippen LogP contribution in [0.25, 0.3) is 10.9 Å². The molecule has 0 radical (unpaired) electrons. The summed E-state index contributed by atoms with van der Waals surface area (Å²) in [7, 11) is 1.56. The fraction of sp³-hybridized carbons (Fsp3) is 0.391. The van der Waals surface area contributed by atoms with Crippen LogP contribution in [0.1, 0.15) is 28.7 Å². The number of halogens is 1. The molecule has 1 amide bonds. The number of carbonyl (C=O) groups is 1. The molecule has 0 atom stereocenters. The van der Waals surface area contributed by atoms with Crippen molar-refractivity contribution in [2.75, 3.05) is 38.1 Å². The summed E-state index contributed by atoms with van der Waals surface area (Å²) in [5, 5.41) is 3.60. The van der Waals surface area contributed by atoms with Crippen LogP contribution >= 0.6 is 11.6 Å². The lowest BCUT2D eigenvalue weighted by molar-refractivity contribution is 0.0958. The van der Waals surface area contributed by atoms with Crippen LogP contribution < -0.4 is 21.5 Å². The van der Waals surface area contributed by atoms with E-state index in [2.05, 4.69) is 25.1 Å². The number of rotatable bonds is 5. The molecule has 0 spiro atoms. The molecule has 0 saturated carbocycles. The maximum Gasteiger partial charge on any atom is 0.328 e. The zero-order valence-corrected chi connectivity index (χ0v) is 19.7. The Morgan fingerprint density at radius 1 is 1.18 bits per heavy atom. The number of hydrogen-bond donors (Lipinski definition) is 2. The molecule has 3 aromatic rings. The first-order chi connectivity index (χ1) is 15.8. The third-order valence-electron chi connectivity index (χ3n) is 6.04. The van der Waals surface area contributed by atoms with E-state index in [4.69, 9.17) is 11.6 Å². The first-order valence-corrected chi connectivity index (χ1v) is 11.3. The molecule has 1 aromatic carbocycles. The molecule has 2 aromatic heterocycles. The van der Waals surface area contributed by atoms with Gasteiger partial charge in [-0.2, -0.15) is 0 Å². The standard InChI is InChI=1S/C23H27ClN6O3/c1-4-30-22(32)16-6-5-15(11-18(16)27-23(30)33)13-28-7-9-29(10-8-28)20-14(2)26-19(12-17(20)24)21(31)25-3/h5-6,11-12H,4,7-10,13H2,1-3H3,(H,25,31)(H,27,33). The molecule has 0 aliphatic carbocycles. The van der Waals surface area contributed by atoms with E-state index in [9.17, 15) is 14.4 Å². The largest absolute Gasteiger partial charge is 0.366 e. The summed E-state index contributed by atoms with van der Waals surface area (Å²) in [5.41, 5.74) is 2.85. The number of aromatic nitrogens is 3. The molecule has 3 heterocycles. The lowest BCUT2D eigenvalue weighted by Crippen LogP contribution is -2.46. The highest BCUT2D eigenvalue weighted by molar-refractivity contribution is 6.33. The van der Waals surface area contributed by atoms with Gasteiger partial charge in [0.25, 0.3) is 11.5 Å². The number of nitrogens with one attached hydrogen (secondary N) is 2. The van der Waals surface area contributed by atoms with Crippen LogP contribution in [0.4, 0.5) is 5.69 Å². The molecule has 33 heavy (non-hydrogen) atoms. The molecule has 1 aliphatic heterocycles. The number of aromatic amines is 1. The molecule has 2 N–H and O–H groups in total. The summed E-state index contributed by atoms with van der Waals surface area (Å²) >= 11 is 6.51. The Balaban J connectivity index is 1.47. The first kappa shape index (κ1) is 23.0. The van der Waals surface area contributed by atoms with Crippen molar-refractivity contribution in [3.8, 4) is 0 Å². The molecule has 4 rings (SSSR count). The third-order valence-corrected chi connectivity index (χ3v) is 6.33. The minimum Gasteiger partial charge on any atom is -0.366 e. The maximum absolute atomic E-state index is 12.5. The fourth-order valence-corrected chi connectivity index (χ4v) is 4.69. The van der Waals surface area contributed by atoms with Crippen LogP contribution in [-0.4, -0.2) is 58.6 Å². The molecular weight excluding hydrogens is 444 g/mol. The van der Waals surface area contributed by atoms with Gasteiger partial charge in [0.1, 0.15) is 5.69 Å². The van der Waals surface area contributed by atoms with Crippen LogP contribution in [0.5, 0.6) is 0 Å². The number of benzene rings is 1. The van der Waals surface area contributed by atoms with Gasteiger partial charge >= 0.3 is 5.69 Å². The van der Waals surface area contributed by atoms with Gasteiger partial charge in [-0.3, -0.25) is 19.1 Å². The number of piperazine rings is 1. The molecule has 1 saturated heterocycles. The van der Waals surface area contributed by atoms with Crippen LogP contribution in [0.15, 0.2) is 33.9 Å². The Labute approximate surface area is 196 Å². The number of amides is 1. The van der Waals surface area contributed by atoms with E-state index in [1.165, 1.54) is 4.57 Å². The second kappa shape index (κ2) is 9.36. The number of nitrogens with zero attached hydrogens (tertiary/aromatic N) is 4. The smallest absolute Gasteiger partial charge is 0.328 e. The van der Waals surface area contributed by atoms with E-state index >= 15 is 0 Å². The predicted octanol–water partition coefficient (Wildman–Crippen LogP) is 1.75. The Kier molecular flexibility index (Phi) is 6.53. The number of pyridine rings is 1. The monoisotopic (exact) mass is 470 g/mol. The minimum absolute atomic E-state index is 0.262. The van der Waals surface area contributed by atoms with Crippen molar-refractivity contribution in [2.45, 2.75) is 26.9 Å². The van der Waals surface area contributed by atoms with Gasteiger partial charge in [0, 0.05) is 46.3 Å². The van der Waals surface area contributed by atoms with Crippen molar-refractivity contribution in [2.24, 2.45) is 0 Å². The Hall–Kier alpha value is -3.17. The van der Waals surface area contributed by atoms with E-state index in [0.29, 0.717) is 34.7 Å². The summed E-state index contributed by atoms with van der Waals surface area (Å²) in [6, 6.07) is 7.22. The number of H-pyrrole nitrogens is 1. The average Bonchev–Trinajstić information content (AvgIpc) is 2.79. The van der Waals surface area contributed by atoms with E-state index in [1.54, 1.807) is 26.1 Å². The highest BCUT2D eigenvalue weighted by Gasteiger charge is 2.23. The van der Waals surface area contributed by atoms with E-state index in [0.717, 1.165) is 43.1 Å². The Morgan fingerprint density at radius 2 is 1.91 bits per heavy atom. The molecule has 9 nitrogen and oxygen atoms in total. The first-order valence-electron chi connectivity index (χ1n) is 10.9. The molecular formula is C23H27ClN6O3. The van der Waals surface area contributed by atoms with Crippen molar-refractivity contribution >= 4 is 34.1 Å². The average molecular weight is 471 g/mol. The summed E-state index contributed by atoms with van der Waals surface area (Å²) in [4.78, 5) is 48.2. The van der Waals surface area contributed by atoms with Crippen LogP contribution in [0.3, 0.4) is 0 Å². The third kappa shape index (κ3) is 4.51. The predicted molar refractivity (Wildman–Crippen MR) is 129 cm³/mol. The summed E-state index contributed by atoms with van der Waals surface area (Å²) in [5.74, 6) is -0.262. The molecule has 174 valence electrons. The lowest BCUT2D eigenvalue weighted by Gasteiger charge is -2.37. The Morgan fingerprint density at radius 3 is 2.55 bits per heavy atom. The minimum atomic E-state index is -0.385. The van der Waals surface area contributed by atoms with Gasteiger partial charge in [-0.05, 0) is 37.6 Å². The molecule has 10 heteroatoms. The van der Waals surface area contributed by atoms with Crippen molar-refractivity contribution in [3.63, 3.8) is 0 Å². The molecule has 0 bridgehead atoms. The SMILES string of the molecule is CCn1c(=O)[nH]c2cc(CN3CCN(c4c(Cl)cc(C(=O)NC)nc4C)CC3)ccc2c1=O. The van der Waals surface area contributed by atoms with Crippen molar-refractivity contribution < 1.29 is 4.79 Å². The highest BCUT2D eigenvalue weighted by atomic mass is 35.5. The number of carbonyl (C=O) groups excluding carboxylic acids is 1. The number of aryl methyl sites for hydroxylation is 1. The van der Waals surface area contributed by atoms with Crippen LogP contribution in [-0.2, 0) is 13.1 Å². The fourth-order valence-electron chi connectivity index (χ4n) is 4.33. The molecule has 1 aliphatic rings. The number of anilines is 1. The lowest BCUT2D eigenvalue weighted by atomic mass is 10.1. The van der Waals surface area contributed by atoms with E-state index in [-0.39, 0.29) is 17.2 Å². The van der Waals surface area contributed by atoms with Gasteiger partial charge < -0.3 is 15.2 Å². The zero-order chi connectivity index (χ0) is 23.7. The van der Waals surface area contributed by atoms with Crippen LogP contribution in [0.2, 0.25) is 5.02 Å². The van der Waals surface area contributed by atoms with Gasteiger partial charge in [-0.15, -0.1) is 0 Å². The van der Waals surface area contributed by atoms with Gasteiger partial charge in [-0.25, -0.2) is 9.78 Å². The van der Waals surface area contributed by atoms with E-state index in [1.807, 2.05) is 19.1 Å².